The van der Waals surface area contributed by atoms with Gasteiger partial charge in [-0.2, -0.15) is 0 Å². The van der Waals surface area contributed by atoms with E-state index in [0.717, 1.165) is 12.8 Å². The first-order chi connectivity index (χ1) is 9.04. The minimum Gasteiger partial charge on any atom is -0.330 e. The average molecular weight is 284 g/mol. The van der Waals surface area contributed by atoms with E-state index in [0.29, 0.717) is 35.5 Å². The Bertz CT molecular complexity index is 409. The molecule has 106 valence electrons. The third kappa shape index (κ3) is 5.57. The number of carbonyl (C=O) groups excluding carboxylic acids is 1. The molecule has 0 bridgehead atoms. The van der Waals surface area contributed by atoms with Gasteiger partial charge in [-0.25, -0.2) is 0 Å². The van der Waals surface area contributed by atoms with Crippen LogP contribution in [-0.2, 0) is 4.79 Å². The predicted molar refractivity (Wildman–Crippen MR) is 79.1 cm³/mol. The summed E-state index contributed by atoms with van der Waals surface area (Å²) in [5.74, 6) is 0.996. The Morgan fingerprint density at radius 3 is 2.79 bits per heavy atom. The molecule has 0 fully saturated rings. The average Bonchev–Trinajstić information content (AvgIpc) is 2.37. The summed E-state index contributed by atoms with van der Waals surface area (Å²) < 4.78 is 0. The van der Waals surface area contributed by atoms with Crippen molar-refractivity contribution in [2.24, 2.45) is 17.6 Å². The lowest BCUT2D eigenvalue weighted by Crippen LogP contribution is -2.18. The van der Waals surface area contributed by atoms with Crippen LogP contribution in [0.3, 0.4) is 0 Å². The molecule has 5 heteroatoms. The van der Waals surface area contributed by atoms with E-state index in [2.05, 4.69) is 24.1 Å². The van der Waals surface area contributed by atoms with E-state index in [4.69, 9.17) is 17.3 Å². The van der Waals surface area contributed by atoms with E-state index in [9.17, 15) is 4.79 Å². The molecule has 0 spiro atoms. The molecule has 0 radical (unpaired) electrons. The number of carbonyl (C=O) groups is 1. The highest BCUT2D eigenvalue weighted by Crippen LogP contribution is 2.22. The third-order valence-corrected chi connectivity index (χ3v) is 3.59. The standard InChI is InChI=1S/C14H22ClN3O/c1-10(2)11(5-7-16)3-4-14(19)18-13-9-17-8-6-12(13)15/h6,8-11H,3-5,7,16H2,1-2H3,(H,18,19). The summed E-state index contributed by atoms with van der Waals surface area (Å²) in [5, 5.41) is 3.29. The van der Waals surface area contributed by atoms with Gasteiger partial charge >= 0.3 is 0 Å². The van der Waals surface area contributed by atoms with Gasteiger partial charge in [0, 0.05) is 12.6 Å². The van der Waals surface area contributed by atoms with Crippen LogP contribution in [0.4, 0.5) is 5.69 Å². The molecule has 1 aromatic rings. The van der Waals surface area contributed by atoms with Crippen molar-refractivity contribution in [3.05, 3.63) is 23.5 Å². The maximum Gasteiger partial charge on any atom is 0.224 e. The van der Waals surface area contributed by atoms with Crippen LogP contribution in [-0.4, -0.2) is 17.4 Å². The first-order valence-corrected chi connectivity index (χ1v) is 7.01. The lowest BCUT2D eigenvalue weighted by Gasteiger charge is -2.19. The van der Waals surface area contributed by atoms with Gasteiger partial charge in [-0.05, 0) is 37.3 Å². The van der Waals surface area contributed by atoms with Gasteiger partial charge in [-0.3, -0.25) is 9.78 Å². The molecule has 0 aromatic carbocycles. The molecule has 1 amide bonds. The quantitative estimate of drug-likeness (QED) is 0.808. The maximum absolute atomic E-state index is 11.9. The van der Waals surface area contributed by atoms with E-state index in [1.165, 1.54) is 0 Å². The summed E-state index contributed by atoms with van der Waals surface area (Å²) in [4.78, 5) is 15.8. The Kier molecular flexibility index (Phi) is 6.81. The molecule has 1 aromatic heterocycles. The number of nitrogens with one attached hydrogen (secondary N) is 1. The molecule has 1 rings (SSSR count). The summed E-state index contributed by atoms with van der Waals surface area (Å²) in [6, 6.07) is 1.66. The van der Waals surface area contributed by atoms with Gasteiger partial charge in [-0.1, -0.05) is 25.4 Å². The van der Waals surface area contributed by atoms with Gasteiger partial charge in [0.15, 0.2) is 0 Å². The van der Waals surface area contributed by atoms with Crippen molar-refractivity contribution in [1.29, 1.82) is 0 Å². The molecule has 0 saturated heterocycles. The van der Waals surface area contributed by atoms with Crippen LogP contribution in [0.5, 0.6) is 0 Å². The number of amides is 1. The van der Waals surface area contributed by atoms with Crippen molar-refractivity contribution >= 4 is 23.2 Å². The fourth-order valence-corrected chi connectivity index (χ4v) is 2.18. The first kappa shape index (κ1) is 15.9. The van der Waals surface area contributed by atoms with Gasteiger partial charge < -0.3 is 11.1 Å². The fraction of sp³-hybridized carbons (Fsp3) is 0.571. The third-order valence-electron chi connectivity index (χ3n) is 3.26. The van der Waals surface area contributed by atoms with Crippen molar-refractivity contribution in [2.45, 2.75) is 33.1 Å². The Hall–Kier alpha value is -1.13. The lowest BCUT2D eigenvalue weighted by molar-refractivity contribution is -0.116. The second-order valence-electron chi connectivity index (χ2n) is 5.02. The highest BCUT2D eigenvalue weighted by molar-refractivity contribution is 6.33. The maximum atomic E-state index is 11.9. The van der Waals surface area contributed by atoms with E-state index in [1.807, 2.05) is 0 Å². The summed E-state index contributed by atoms with van der Waals surface area (Å²) >= 11 is 5.96. The van der Waals surface area contributed by atoms with Gasteiger partial charge in [0.05, 0.1) is 16.9 Å². The number of nitrogens with zero attached hydrogens (tertiary/aromatic N) is 1. The highest BCUT2D eigenvalue weighted by Gasteiger charge is 2.15. The molecule has 3 N–H and O–H groups in total. The van der Waals surface area contributed by atoms with Crippen LogP contribution >= 0.6 is 11.6 Å². The molecule has 1 heterocycles. The summed E-state index contributed by atoms with van der Waals surface area (Å²) in [5.41, 5.74) is 6.15. The molecule has 4 nitrogen and oxygen atoms in total. The Labute approximate surface area is 119 Å². The van der Waals surface area contributed by atoms with E-state index in [1.54, 1.807) is 18.5 Å². The van der Waals surface area contributed by atoms with Crippen molar-refractivity contribution < 1.29 is 4.79 Å². The van der Waals surface area contributed by atoms with Crippen LogP contribution in [0.25, 0.3) is 0 Å². The van der Waals surface area contributed by atoms with Crippen molar-refractivity contribution in [3.8, 4) is 0 Å². The molecule has 0 saturated carbocycles. The van der Waals surface area contributed by atoms with Crippen LogP contribution in [0.1, 0.15) is 33.1 Å². The van der Waals surface area contributed by atoms with Crippen molar-refractivity contribution in [3.63, 3.8) is 0 Å². The smallest absolute Gasteiger partial charge is 0.224 e. The Morgan fingerprint density at radius 2 is 2.21 bits per heavy atom. The second-order valence-corrected chi connectivity index (χ2v) is 5.43. The Balaban J connectivity index is 2.45. The van der Waals surface area contributed by atoms with Gasteiger partial charge in [0.1, 0.15) is 0 Å². The number of halogens is 1. The largest absolute Gasteiger partial charge is 0.330 e. The fourth-order valence-electron chi connectivity index (χ4n) is 2.02. The topological polar surface area (TPSA) is 68.0 Å². The monoisotopic (exact) mass is 283 g/mol. The molecule has 1 unspecified atom stereocenters. The summed E-state index contributed by atoms with van der Waals surface area (Å²) in [6.45, 7) is 4.99. The minimum atomic E-state index is -0.0300. The summed E-state index contributed by atoms with van der Waals surface area (Å²) in [6.07, 6.45) is 5.43. The van der Waals surface area contributed by atoms with Crippen LogP contribution in [0, 0.1) is 11.8 Å². The number of anilines is 1. The molecule has 0 aliphatic rings. The lowest BCUT2D eigenvalue weighted by atomic mass is 9.88. The first-order valence-electron chi connectivity index (χ1n) is 6.64. The van der Waals surface area contributed by atoms with Crippen LogP contribution in [0.15, 0.2) is 18.5 Å². The number of nitrogens with two attached hydrogens (primary N) is 1. The number of pyridine rings is 1. The highest BCUT2D eigenvalue weighted by atomic mass is 35.5. The SMILES string of the molecule is CC(C)C(CCN)CCC(=O)Nc1cnccc1Cl. The molecule has 1 atom stereocenters. The molecular weight excluding hydrogens is 262 g/mol. The van der Waals surface area contributed by atoms with Gasteiger partial charge in [0.25, 0.3) is 0 Å². The molecule has 0 aliphatic heterocycles. The number of hydrogen-bond acceptors (Lipinski definition) is 3. The second kappa shape index (κ2) is 8.12. The molecular formula is C14H22ClN3O. The number of aromatic nitrogens is 1. The van der Waals surface area contributed by atoms with E-state index < -0.39 is 0 Å². The van der Waals surface area contributed by atoms with Crippen LogP contribution < -0.4 is 11.1 Å². The minimum absolute atomic E-state index is 0.0300. The molecule has 0 aliphatic carbocycles. The van der Waals surface area contributed by atoms with E-state index >= 15 is 0 Å². The zero-order valence-corrected chi connectivity index (χ0v) is 12.3. The predicted octanol–water partition coefficient (Wildman–Crippen LogP) is 3.07. The molecule has 19 heavy (non-hydrogen) atoms. The zero-order valence-electron chi connectivity index (χ0n) is 11.5. The summed E-state index contributed by atoms with van der Waals surface area (Å²) in [7, 11) is 0. The zero-order chi connectivity index (χ0) is 14.3. The van der Waals surface area contributed by atoms with Gasteiger partial charge in [-0.15, -0.1) is 0 Å². The van der Waals surface area contributed by atoms with Gasteiger partial charge in [0.2, 0.25) is 5.91 Å². The Morgan fingerprint density at radius 1 is 1.47 bits per heavy atom. The van der Waals surface area contributed by atoms with Crippen molar-refractivity contribution in [1.82, 2.24) is 4.98 Å². The number of rotatable bonds is 7. The number of hydrogen-bond donors (Lipinski definition) is 2. The van der Waals surface area contributed by atoms with Crippen LogP contribution in [0.2, 0.25) is 5.02 Å². The normalized spacial score (nSPS) is 12.5. The van der Waals surface area contributed by atoms with E-state index in [-0.39, 0.29) is 5.91 Å². The van der Waals surface area contributed by atoms with Crippen molar-refractivity contribution in [2.75, 3.05) is 11.9 Å².